The molecule has 0 radical (unpaired) electrons. The van der Waals surface area contributed by atoms with Crippen LogP contribution < -0.4 is 0 Å². The summed E-state index contributed by atoms with van der Waals surface area (Å²) >= 11 is 0. The lowest BCUT2D eigenvalue weighted by molar-refractivity contribution is -0.174. The van der Waals surface area contributed by atoms with Gasteiger partial charge in [-0.2, -0.15) is 0 Å². The largest absolute Gasteiger partial charge is 0.460 e. The Hall–Kier alpha value is -0.570. The Bertz CT molecular complexity index is 265. The van der Waals surface area contributed by atoms with E-state index in [2.05, 4.69) is 20.8 Å². The van der Waals surface area contributed by atoms with Gasteiger partial charge in [-0.1, -0.05) is 27.2 Å². The fraction of sp³-hybridized carbons (Fsp3) is 0.929. The van der Waals surface area contributed by atoms with Crippen molar-refractivity contribution < 1.29 is 14.6 Å². The Morgan fingerprint density at radius 1 is 1.35 bits per heavy atom. The molecule has 1 N–H and O–H groups in total. The van der Waals surface area contributed by atoms with Gasteiger partial charge in [0.15, 0.2) is 5.60 Å². The number of carbonyl (C=O) groups is 1. The van der Waals surface area contributed by atoms with Crippen molar-refractivity contribution in [1.82, 2.24) is 0 Å². The minimum atomic E-state index is -1.39. The molecule has 0 amide bonds. The van der Waals surface area contributed by atoms with Gasteiger partial charge in [-0.3, -0.25) is 0 Å². The number of rotatable bonds is 3. The minimum absolute atomic E-state index is 0.0299. The molecule has 0 saturated heterocycles. The molecule has 0 aromatic heterocycles. The fourth-order valence-electron chi connectivity index (χ4n) is 2.53. The van der Waals surface area contributed by atoms with Crippen molar-refractivity contribution in [3.63, 3.8) is 0 Å². The molecule has 1 aliphatic carbocycles. The van der Waals surface area contributed by atoms with Crippen LogP contribution in [0.25, 0.3) is 0 Å². The molecule has 1 fully saturated rings. The quantitative estimate of drug-likeness (QED) is 0.774. The van der Waals surface area contributed by atoms with Gasteiger partial charge in [-0.05, 0) is 44.4 Å². The molecule has 3 atom stereocenters. The standard InChI is InChI=1S/C14H26O3/c1-9(2)11-7-6-10(3)8-12(11)17-13(15)14(4,5)16/h9-12,16H,6-8H2,1-5H3/t10-,11+,12-/m0/s1. The first kappa shape index (κ1) is 14.5. The molecule has 1 aliphatic rings. The summed E-state index contributed by atoms with van der Waals surface area (Å²) in [6.07, 6.45) is 3.21. The van der Waals surface area contributed by atoms with Gasteiger partial charge in [0.2, 0.25) is 0 Å². The second-order valence-electron chi connectivity index (χ2n) is 6.33. The molecule has 3 heteroatoms. The lowest BCUT2D eigenvalue weighted by Crippen LogP contribution is -2.41. The van der Waals surface area contributed by atoms with E-state index in [0.29, 0.717) is 17.8 Å². The van der Waals surface area contributed by atoms with Crippen molar-refractivity contribution >= 4 is 5.97 Å². The molecule has 1 rings (SSSR count). The first-order valence-electron chi connectivity index (χ1n) is 6.65. The van der Waals surface area contributed by atoms with Crippen LogP contribution in [0.4, 0.5) is 0 Å². The Kier molecular flexibility index (Phi) is 4.59. The van der Waals surface area contributed by atoms with E-state index < -0.39 is 11.6 Å². The molecule has 3 nitrogen and oxygen atoms in total. The van der Waals surface area contributed by atoms with Gasteiger partial charge in [0.25, 0.3) is 0 Å². The van der Waals surface area contributed by atoms with Crippen LogP contribution in [0, 0.1) is 17.8 Å². The number of hydrogen-bond acceptors (Lipinski definition) is 3. The summed E-state index contributed by atoms with van der Waals surface area (Å²) in [6, 6.07) is 0. The number of carbonyl (C=O) groups excluding carboxylic acids is 1. The highest BCUT2D eigenvalue weighted by Crippen LogP contribution is 2.35. The summed E-state index contributed by atoms with van der Waals surface area (Å²) < 4.78 is 5.51. The molecule has 0 aromatic carbocycles. The van der Waals surface area contributed by atoms with Crippen LogP contribution in [-0.4, -0.2) is 22.8 Å². The van der Waals surface area contributed by atoms with Crippen molar-refractivity contribution in [3.8, 4) is 0 Å². The maximum absolute atomic E-state index is 11.7. The zero-order valence-corrected chi connectivity index (χ0v) is 11.7. The molecule has 0 aromatic rings. The average Bonchev–Trinajstić information content (AvgIpc) is 2.15. The van der Waals surface area contributed by atoms with Crippen molar-refractivity contribution in [2.75, 3.05) is 0 Å². The van der Waals surface area contributed by atoms with Crippen molar-refractivity contribution in [2.45, 2.75) is 65.6 Å². The number of ether oxygens (including phenoxy) is 1. The third-order valence-electron chi connectivity index (χ3n) is 3.72. The fourth-order valence-corrected chi connectivity index (χ4v) is 2.53. The van der Waals surface area contributed by atoms with E-state index in [1.165, 1.54) is 20.3 Å². The highest BCUT2D eigenvalue weighted by Gasteiger charge is 2.36. The summed E-state index contributed by atoms with van der Waals surface area (Å²) in [7, 11) is 0. The van der Waals surface area contributed by atoms with Gasteiger partial charge in [0, 0.05) is 0 Å². The first-order valence-corrected chi connectivity index (χ1v) is 6.65. The van der Waals surface area contributed by atoms with Crippen molar-refractivity contribution in [1.29, 1.82) is 0 Å². The highest BCUT2D eigenvalue weighted by atomic mass is 16.6. The lowest BCUT2D eigenvalue weighted by atomic mass is 9.75. The predicted octanol–water partition coefficient (Wildman–Crippen LogP) is 2.76. The van der Waals surface area contributed by atoms with Crippen LogP contribution in [0.2, 0.25) is 0 Å². The molecule has 0 bridgehead atoms. The van der Waals surface area contributed by atoms with Crippen LogP contribution in [0.15, 0.2) is 0 Å². The maximum atomic E-state index is 11.7. The molecular formula is C14H26O3. The van der Waals surface area contributed by atoms with E-state index in [0.717, 1.165) is 12.8 Å². The van der Waals surface area contributed by atoms with Crippen LogP contribution in [0.5, 0.6) is 0 Å². The molecule has 1 saturated carbocycles. The Labute approximate surface area is 105 Å². The van der Waals surface area contributed by atoms with Crippen molar-refractivity contribution in [2.24, 2.45) is 17.8 Å². The van der Waals surface area contributed by atoms with Crippen LogP contribution >= 0.6 is 0 Å². The Morgan fingerprint density at radius 3 is 2.41 bits per heavy atom. The molecule has 17 heavy (non-hydrogen) atoms. The summed E-state index contributed by atoms with van der Waals surface area (Å²) in [4.78, 5) is 11.7. The zero-order chi connectivity index (χ0) is 13.2. The minimum Gasteiger partial charge on any atom is -0.460 e. The zero-order valence-electron chi connectivity index (χ0n) is 11.7. The van der Waals surface area contributed by atoms with Gasteiger partial charge in [0.1, 0.15) is 6.10 Å². The third kappa shape index (κ3) is 3.98. The molecular weight excluding hydrogens is 216 g/mol. The third-order valence-corrected chi connectivity index (χ3v) is 3.72. The smallest absolute Gasteiger partial charge is 0.337 e. The topological polar surface area (TPSA) is 46.5 Å². The van der Waals surface area contributed by atoms with Crippen LogP contribution in [-0.2, 0) is 9.53 Å². The monoisotopic (exact) mass is 242 g/mol. The Morgan fingerprint density at radius 2 is 1.94 bits per heavy atom. The normalized spacial score (nSPS) is 30.4. The maximum Gasteiger partial charge on any atom is 0.337 e. The van der Waals surface area contributed by atoms with Crippen molar-refractivity contribution in [3.05, 3.63) is 0 Å². The van der Waals surface area contributed by atoms with E-state index in [9.17, 15) is 9.90 Å². The molecule has 0 heterocycles. The summed E-state index contributed by atoms with van der Waals surface area (Å²) in [5.41, 5.74) is -1.39. The van der Waals surface area contributed by atoms with Gasteiger partial charge in [-0.15, -0.1) is 0 Å². The second-order valence-corrected chi connectivity index (χ2v) is 6.33. The predicted molar refractivity (Wildman–Crippen MR) is 67.5 cm³/mol. The van der Waals surface area contributed by atoms with E-state index in [1.54, 1.807) is 0 Å². The van der Waals surface area contributed by atoms with E-state index in [4.69, 9.17) is 4.74 Å². The molecule has 0 aliphatic heterocycles. The summed E-state index contributed by atoms with van der Waals surface area (Å²) in [5, 5.41) is 9.63. The Balaban J connectivity index is 2.67. The van der Waals surface area contributed by atoms with E-state index in [1.807, 2.05) is 0 Å². The van der Waals surface area contributed by atoms with Gasteiger partial charge in [0.05, 0.1) is 0 Å². The van der Waals surface area contributed by atoms with Crippen LogP contribution in [0.3, 0.4) is 0 Å². The number of esters is 1. The number of aliphatic hydroxyl groups is 1. The van der Waals surface area contributed by atoms with E-state index >= 15 is 0 Å². The molecule has 100 valence electrons. The van der Waals surface area contributed by atoms with Gasteiger partial charge in [-0.25, -0.2) is 4.79 Å². The summed E-state index contributed by atoms with van der Waals surface area (Å²) in [6.45, 7) is 9.50. The van der Waals surface area contributed by atoms with E-state index in [-0.39, 0.29) is 6.10 Å². The van der Waals surface area contributed by atoms with Gasteiger partial charge >= 0.3 is 5.97 Å². The SMILES string of the molecule is CC(C)[C@H]1CC[C@H](C)C[C@@H]1OC(=O)C(C)(C)O. The first-order chi connectivity index (χ1) is 7.71. The van der Waals surface area contributed by atoms with Gasteiger partial charge < -0.3 is 9.84 Å². The van der Waals surface area contributed by atoms with Crippen LogP contribution in [0.1, 0.15) is 53.9 Å². The average molecular weight is 242 g/mol. The lowest BCUT2D eigenvalue weighted by Gasteiger charge is -2.37. The molecule has 0 spiro atoms. The highest BCUT2D eigenvalue weighted by molar-refractivity contribution is 5.78. The number of hydrogen-bond donors (Lipinski definition) is 1. The summed E-state index contributed by atoms with van der Waals surface area (Å²) in [5.74, 6) is 1.05. The molecule has 0 unspecified atom stereocenters. The second kappa shape index (κ2) is 5.38.